The van der Waals surface area contributed by atoms with Crippen molar-refractivity contribution in [1.29, 1.82) is 5.26 Å². The first-order valence-electron chi connectivity index (χ1n) is 11.0. The second-order valence-electron chi connectivity index (χ2n) is 8.15. The number of pyridine rings is 2. The fraction of sp³-hybridized carbons (Fsp3) is 0.231. The van der Waals surface area contributed by atoms with Crippen LogP contribution in [0.25, 0.3) is 6.08 Å². The Balaban J connectivity index is 1.32. The van der Waals surface area contributed by atoms with Crippen LogP contribution in [0.2, 0.25) is 0 Å². The smallest absolute Gasteiger partial charge is 0.417 e. The van der Waals surface area contributed by atoms with Crippen LogP contribution in [0.5, 0.6) is 11.6 Å². The third kappa shape index (κ3) is 6.44. The first kappa shape index (κ1) is 24.0. The van der Waals surface area contributed by atoms with Crippen LogP contribution < -0.4 is 10.1 Å². The summed E-state index contributed by atoms with van der Waals surface area (Å²) in [6, 6.07) is 14.5. The lowest BCUT2D eigenvalue weighted by Gasteiger charge is -2.25. The number of hydrogen-bond acceptors (Lipinski definition) is 5. The zero-order chi connectivity index (χ0) is 24.8. The van der Waals surface area contributed by atoms with Gasteiger partial charge in [-0.15, -0.1) is 0 Å². The van der Waals surface area contributed by atoms with E-state index >= 15 is 0 Å². The van der Waals surface area contributed by atoms with Gasteiger partial charge in [-0.1, -0.05) is 23.8 Å². The van der Waals surface area contributed by atoms with Gasteiger partial charge in [0.1, 0.15) is 17.5 Å². The van der Waals surface area contributed by atoms with E-state index in [1.54, 1.807) is 18.2 Å². The van der Waals surface area contributed by atoms with Crippen LogP contribution >= 0.6 is 0 Å². The van der Waals surface area contributed by atoms with Crippen molar-refractivity contribution < 1.29 is 22.7 Å². The molecule has 9 heteroatoms. The van der Waals surface area contributed by atoms with Crippen molar-refractivity contribution in [3.05, 3.63) is 88.9 Å². The number of nitrogens with one attached hydrogen (secondary N) is 1. The third-order valence-corrected chi connectivity index (χ3v) is 5.62. The molecule has 3 aromatic rings. The largest absolute Gasteiger partial charge is 0.439 e. The third-order valence-electron chi connectivity index (χ3n) is 5.62. The molecule has 0 unspecified atom stereocenters. The second kappa shape index (κ2) is 10.4. The highest BCUT2D eigenvalue weighted by atomic mass is 19.4. The summed E-state index contributed by atoms with van der Waals surface area (Å²) in [6.07, 6.45) is 3.01. The van der Waals surface area contributed by atoms with E-state index < -0.39 is 11.7 Å². The van der Waals surface area contributed by atoms with Gasteiger partial charge >= 0.3 is 6.18 Å². The highest BCUT2D eigenvalue weighted by Gasteiger charge is 2.30. The molecule has 1 amide bonds. The minimum atomic E-state index is -4.44. The van der Waals surface area contributed by atoms with Crippen molar-refractivity contribution in [3.63, 3.8) is 0 Å². The SMILES string of the molecule is N#Cc1ccc(C(=O)NC2CCC(=Cc3cccc(Oc4ccc(C(F)(F)F)cn4)c3)CC2)cn1. The number of carbonyl (C=O) groups is 1. The van der Waals surface area contributed by atoms with Gasteiger partial charge in [0.25, 0.3) is 5.91 Å². The molecule has 1 aliphatic rings. The topological polar surface area (TPSA) is 87.9 Å². The number of allylic oxidation sites excluding steroid dienone is 1. The number of hydrogen-bond donors (Lipinski definition) is 1. The molecule has 1 aromatic carbocycles. The molecule has 0 aliphatic heterocycles. The molecule has 35 heavy (non-hydrogen) atoms. The number of carbonyl (C=O) groups excluding carboxylic acids is 1. The maximum absolute atomic E-state index is 12.7. The number of alkyl halides is 3. The predicted molar refractivity (Wildman–Crippen MR) is 122 cm³/mol. The van der Waals surface area contributed by atoms with Crippen LogP contribution in [0.1, 0.15) is 52.9 Å². The average molecular weight is 478 g/mol. The molecule has 0 bridgehead atoms. The van der Waals surface area contributed by atoms with Crippen molar-refractivity contribution in [2.75, 3.05) is 0 Å². The molecule has 1 saturated carbocycles. The highest BCUT2D eigenvalue weighted by Crippen LogP contribution is 2.31. The zero-order valence-corrected chi connectivity index (χ0v) is 18.5. The van der Waals surface area contributed by atoms with Gasteiger partial charge < -0.3 is 10.1 Å². The Morgan fingerprint density at radius 1 is 1.09 bits per heavy atom. The first-order valence-corrected chi connectivity index (χ1v) is 11.0. The van der Waals surface area contributed by atoms with E-state index in [0.29, 0.717) is 11.3 Å². The number of nitrogens with zero attached hydrogens (tertiary/aromatic N) is 3. The summed E-state index contributed by atoms with van der Waals surface area (Å²) in [5, 5.41) is 11.8. The van der Waals surface area contributed by atoms with Crippen LogP contribution in [-0.4, -0.2) is 21.9 Å². The first-order chi connectivity index (χ1) is 16.8. The molecule has 1 fully saturated rings. The molecule has 4 rings (SSSR count). The average Bonchev–Trinajstić information content (AvgIpc) is 2.85. The van der Waals surface area contributed by atoms with Crippen LogP contribution in [0.4, 0.5) is 13.2 Å². The molecule has 6 nitrogen and oxygen atoms in total. The van der Waals surface area contributed by atoms with E-state index in [4.69, 9.17) is 10.00 Å². The summed E-state index contributed by atoms with van der Waals surface area (Å²) in [4.78, 5) is 20.1. The van der Waals surface area contributed by atoms with Gasteiger partial charge in [-0.2, -0.15) is 18.4 Å². The summed E-state index contributed by atoms with van der Waals surface area (Å²) in [7, 11) is 0. The summed E-state index contributed by atoms with van der Waals surface area (Å²) in [5.74, 6) is 0.348. The molecule has 0 spiro atoms. The minimum Gasteiger partial charge on any atom is -0.439 e. The molecule has 1 N–H and O–H groups in total. The standard InChI is InChI=1S/C26H21F3N4O2/c27-26(28,29)20-7-11-24(32-16-20)35-23-3-1-2-18(13-23)12-17-4-8-21(9-5-17)33-25(34)19-6-10-22(14-30)31-15-19/h1-3,6-7,10-13,15-16,21H,4-5,8-9H2,(H,33,34). The summed E-state index contributed by atoms with van der Waals surface area (Å²) in [6.45, 7) is 0. The van der Waals surface area contributed by atoms with E-state index in [1.165, 1.54) is 23.9 Å². The maximum atomic E-state index is 12.7. The number of aromatic nitrogens is 2. The summed E-state index contributed by atoms with van der Waals surface area (Å²) >= 11 is 0. The van der Waals surface area contributed by atoms with Gasteiger partial charge in [0.05, 0.1) is 11.1 Å². The van der Waals surface area contributed by atoms with E-state index in [2.05, 4.69) is 21.4 Å². The minimum absolute atomic E-state index is 0.0516. The molecule has 1 aliphatic carbocycles. The maximum Gasteiger partial charge on any atom is 0.417 e. The van der Waals surface area contributed by atoms with Gasteiger partial charge in [0.2, 0.25) is 5.88 Å². The van der Waals surface area contributed by atoms with E-state index in [-0.39, 0.29) is 23.5 Å². The molecule has 0 atom stereocenters. The molecular formula is C26H21F3N4O2. The Labute approximate surface area is 200 Å². The van der Waals surface area contributed by atoms with Crippen molar-refractivity contribution >= 4 is 12.0 Å². The van der Waals surface area contributed by atoms with Gasteiger partial charge in [0.15, 0.2) is 0 Å². The number of amides is 1. The van der Waals surface area contributed by atoms with Gasteiger partial charge in [-0.25, -0.2) is 9.97 Å². The Morgan fingerprint density at radius 2 is 1.89 bits per heavy atom. The van der Waals surface area contributed by atoms with E-state index in [9.17, 15) is 18.0 Å². The Morgan fingerprint density at radius 3 is 2.51 bits per heavy atom. The number of halogens is 3. The van der Waals surface area contributed by atoms with Crippen LogP contribution in [-0.2, 0) is 6.18 Å². The molecule has 178 valence electrons. The quantitative estimate of drug-likeness (QED) is 0.492. The second-order valence-corrected chi connectivity index (χ2v) is 8.15. The number of ether oxygens (including phenoxy) is 1. The monoisotopic (exact) mass is 478 g/mol. The van der Waals surface area contributed by atoms with Crippen LogP contribution in [0, 0.1) is 11.3 Å². The van der Waals surface area contributed by atoms with Gasteiger partial charge in [-0.3, -0.25) is 4.79 Å². The lowest BCUT2D eigenvalue weighted by molar-refractivity contribution is -0.137. The lowest BCUT2D eigenvalue weighted by Crippen LogP contribution is -2.36. The highest BCUT2D eigenvalue weighted by molar-refractivity contribution is 5.94. The number of benzene rings is 1. The molecule has 0 radical (unpaired) electrons. The van der Waals surface area contributed by atoms with E-state index in [0.717, 1.165) is 43.5 Å². The van der Waals surface area contributed by atoms with Crippen molar-refractivity contribution in [2.24, 2.45) is 0 Å². The zero-order valence-electron chi connectivity index (χ0n) is 18.5. The van der Waals surface area contributed by atoms with Gasteiger partial charge in [0, 0.05) is 24.5 Å². The van der Waals surface area contributed by atoms with Gasteiger partial charge in [-0.05, 0) is 61.6 Å². The van der Waals surface area contributed by atoms with Crippen LogP contribution in [0.3, 0.4) is 0 Å². The molecule has 2 aromatic heterocycles. The normalized spacial score (nSPS) is 15.7. The Hall–Kier alpha value is -4.19. The fourth-order valence-electron chi connectivity index (χ4n) is 3.77. The molecule has 0 saturated heterocycles. The molecule has 2 heterocycles. The number of rotatable bonds is 5. The van der Waals surface area contributed by atoms with Crippen molar-refractivity contribution in [2.45, 2.75) is 37.9 Å². The number of nitriles is 1. The van der Waals surface area contributed by atoms with Crippen molar-refractivity contribution in [1.82, 2.24) is 15.3 Å². The lowest BCUT2D eigenvalue weighted by atomic mass is 9.89. The fourth-order valence-corrected chi connectivity index (χ4v) is 3.77. The predicted octanol–water partition coefficient (Wildman–Crippen LogP) is 5.92. The summed E-state index contributed by atoms with van der Waals surface area (Å²) in [5.41, 5.74) is 2.00. The van der Waals surface area contributed by atoms with Crippen LogP contribution in [0.15, 0.2) is 66.5 Å². The molecular weight excluding hydrogens is 457 g/mol. The Kier molecular flexibility index (Phi) is 7.11. The summed E-state index contributed by atoms with van der Waals surface area (Å²) < 4.78 is 43.7. The van der Waals surface area contributed by atoms with Crippen molar-refractivity contribution in [3.8, 4) is 17.7 Å². The van der Waals surface area contributed by atoms with E-state index in [1.807, 2.05) is 18.2 Å². The Bertz CT molecular complexity index is 1250.